The number of rotatable bonds is 4. The van der Waals surface area contributed by atoms with Crippen molar-refractivity contribution >= 4 is 27.5 Å². The van der Waals surface area contributed by atoms with Crippen LogP contribution in [0.2, 0.25) is 5.02 Å². The fourth-order valence-corrected chi connectivity index (χ4v) is 3.17. The highest BCUT2D eigenvalue weighted by molar-refractivity contribution is 9.10. The number of aliphatic hydroxyl groups excluding tert-OH is 1. The van der Waals surface area contributed by atoms with E-state index in [1.807, 2.05) is 0 Å². The Balaban J connectivity index is 2.03. The molecule has 3 aromatic rings. The summed E-state index contributed by atoms with van der Waals surface area (Å²) in [4.78, 5) is 6.82. The van der Waals surface area contributed by atoms with Crippen LogP contribution in [0.1, 0.15) is 17.4 Å². The average Bonchev–Trinajstić information content (AvgIpc) is 2.95. The van der Waals surface area contributed by atoms with E-state index in [2.05, 4.69) is 25.9 Å². The molecule has 0 saturated heterocycles. The van der Waals surface area contributed by atoms with Crippen molar-refractivity contribution in [3.05, 3.63) is 68.9 Å². The zero-order valence-electron chi connectivity index (χ0n) is 12.9. The van der Waals surface area contributed by atoms with Crippen LogP contribution in [-0.4, -0.2) is 22.2 Å². The third-order valence-corrected chi connectivity index (χ3v) is 4.59. The standard InChI is InChI=1S/C17H12BrClF2N2O2/c1-25-8-5-6-9(10(19)7-8)15(24)14-16(18)23-17(22-14)13-11(20)3-2-4-12(13)21/h2-7,15,24H,1H3,(H,22,23). The third kappa shape index (κ3) is 3.40. The molecule has 130 valence electrons. The molecule has 0 aliphatic rings. The lowest BCUT2D eigenvalue weighted by Crippen LogP contribution is -2.02. The van der Waals surface area contributed by atoms with Gasteiger partial charge in [0.1, 0.15) is 33.9 Å². The van der Waals surface area contributed by atoms with E-state index in [1.54, 1.807) is 18.2 Å². The minimum absolute atomic E-state index is 0.0406. The van der Waals surface area contributed by atoms with E-state index in [1.165, 1.54) is 13.2 Å². The fraction of sp³-hybridized carbons (Fsp3) is 0.118. The maximum absolute atomic E-state index is 13.9. The van der Waals surface area contributed by atoms with Crippen molar-refractivity contribution in [1.29, 1.82) is 0 Å². The van der Waals surface area contributed by atoms with Crippen LogP contribution in [0.3, 0.4) is 0 Å². The molecular weight excluding hydrogens is 418 g/mol. The second-order valence-corrected chi connectivity index (χ2v) is 6.33. The highest BCUT2D eigenvalue weighted by Crippen LogP contribution is 2.35. The van der Waals surface area contributed by atoms with Crippen molar-refractivity contribution in [2.45, 2.75) is 6.10 Å². The minimum atomic E-state index is -1.18. The zero-order valence-corrected chi connectivity index (χ0v) is 15.2. The van der Waals surface area contributed by atoms with E-state index in [9.17, 15) is 13.9 Å². The lowest BCUT2D eigenvalue weighted by atomic mass is 10.1. The Morgan fingerprint density at radius 3 is 2.52 bits per heavy atom. The predicted molar refractivity (Wildman–Crippen MR) is 93.7 cm³/mol. The Morgan fingerprint density at radius 2 is 1.92 bits per heavy atom. The first-order chi connectivity index (χ1) is 11.9. The molecule has 8 heteroatoms. The van der Waals surface area contributed by atoms with Gasteiger partial charge in [0.2, 0.25) is 0 Å². The van der Waals surface area contributed by atoms with Gasteiger partial charge in [0.15, 0.2) is 0 Å². The molecular formula is C17H12BrClF2N2O2. The molecule has 0 bridgehead atoms. The molecule has 0 spiro atoms. The van der Waals surface area contributed by atoms with Crippen molar-refractivity contribution in [2.24, 2.45) is 0 Å². The van der Waals surface area contributed by atoms with Gasteiger partial charge in [0.05, 0.1) is 23.4 Å². The maximum Gasteiger partial charge on any atom is 0.144 e. The number of aromatic amines is 1. The van der Waals surface area contributed by atoms with Crippen molar-refractivity contribution in [3.63, 3.8) is 0 Å². The number of ether oxygens (including phenoxy) is 1. The number of nitrogens with zero attached hydrogens (tertiary/aromatic N) is 1. The molecule has 1 atom stereocenters. The Kier molecular flexibility index (Phi) is 5.08. The molecule has 25 heavy (non-hydrogen) atoms. The summed E-state index contributed by atoms with van der Waals surface area (Å²) < 4.78 is 33.2. The van der Waals surface area contributed by atoms with E-state index < -0.39 is 17.7 Å². The third-order valence-electron chi connectivity index (χ3n) is 3.66. The number of hydrogen-bond donors (Lipinski definition) is 2. The molecule has 0 aliphatic heterocycles. The summed E-state index contributed by atoms with van der Waals surface area (Å²) in [7, 11) is 1.50. The van der Waals surface area contributed by atoms with Crippen LogP contribution in [0.25, 0.3) is 11.4 Å². The van der Waals surface area contributed by atoms with E-state index in [0.29, 0.717) is 11.3 Å². The summed E-state index contributed by atoms with van der Waals surface area (Å²) in [6.45, 7) is 0. The summed E-state index contributed by atoms with van der Waals surface area (Å²) >= 11 is 9.37. The normalized spacial score (nSPS) is 12.2. The monoisotopic (exact) mass is 428 g/mol. The van der Waals surface area contributed by atoms with Crippen LogP contribution in [-0.2, 0) is 0 Å². The summed E-state index contributed by atoms with van der Waals surface area (Å²) in [5.41, 5.74) is 0.319. The Labute approximate surface area is 155 Å². The molecule has 3 rings (SSSR count). The topological polar surface area (TPSA) is 58.1 Å². The number of halogens is 4. The number of benzene rings is 2. The van der Waals surface area contributed by atoms with Gasteiger partial charge < -0.3 is 14.8 Å². The van der Waals surface area contributed by atoms with Crippen LogP contribution in [0.5, 0.6) is 5.75 Å². The molecule has 0 aliphatic carbocycles. The van der Waals surface area contributed by atoms with Crippen molar-refractivity contribution in [2.75, 3.05) is 7.11 Å². The van der Waals surface area contributed by atoms with Crippen molar-refractivity contribution in [3.8, 4) is 17.1 Å². The van der Waals surface area contributed by atoms with E-state index >= 15 is 0 Å². The number of hydrogen-bond acceptors (Lipinski definition) is 3. The van der Waals surface area contributed by atoms with Gasteiger partial charge in [-0.1, -0.05) is 23.7 Å². The number of H-pyrrole nitrogens is 1. The van der Waals surface area contributed by atoms with Gasteiger partial charge >= 0.3 is 0 Å². The lowest BCUT2D eigenvalue weighted by Gasteiger charge is -2.12. The minimum Gasteiger partial charge on any atom is -0.497 e. The van der Waals surface area contributed by atoms with Gasteiger partial charge in [-0.3, -0.25) is 0 Å². The Morgan fingerprint density at radius 1 is 1.24 bits per heavy atom. The lowest BCUT2D eigenvalue weighted by molar-refractivity contribution is 0.215. The van der Waals surface area contributed by atoms with Crippen LogP contribution >= 0.6 is 27.5 Å². The van der Waals surface area contributed by atoms with Gasteiger partial charge in [0.25, 0.3) is 0 Å². The van der Waals surface area contributed by atoms with Gasteiger partial charge in [-0.2, -0.15) is 0 Å². The molecule has 1 heterocycles. The number of aromatic nitrogens is 2. The number of nitrogens with one attached hydrogen (secondary N) is 1. The molecule has 0 fully saturated rings. The Hall–Kier alpha value is -1.96. The molecule has 2 N–H and O–H groups in total. The average molecular weight is 430 g/mol. The highest BCUT2D eigenvalue weighted by Gasteiger charge is 2.23. The van der Waals surface area contributed by atoms with Crippen LogP contribution in [0.15, 0.2) is 41.0 Å². The maximum atomic E-state index is 13.9. The number of aliphatic hydroxyl groups is 1. The summed E-state index contributed by atoms with van der Waals surface area (Å²) in [6.07, 6.45) is -1.18. The van der Waals surface area contributed by atoms with Gasteiger partial charge in [0, 0.05) is 5.56 Å². The van der Waals surface area contributed by atoms with E-state index in [0.717, 1.165) is 12.1 Å². The second-order valence-electron chi connectivity index (χ2n) is 5.18. The second kappa shape index (κ2) is 7.11. The largest absolute Gasteiger partial charge is 0.497 e. The van der Waals surface area contributed by atoms with Crippen molar-refractivity contribution < 1.29 is 18.6 Å². The molecule has 0 radical (unpaired) electrons. The van der Waals surface area contributed by atoms with E-state index in [-0.39, 0.29) is 26.7 Å². The van der Waals surface area contributed by atoms with Crippen molar-refractivity contribution in [1.82, 2.24) is 9.97 Å². The SMILES string of the molecule is COc1ccc(C(O)c2[nH]c(-c3c(F)cccc3F)nc2Br)c(Cl)c1. The molecule has 2 aromatic carbocycles. The number of imidazole rings is 1. The molecule has 0 saturated carbocycles. The quantitative estimate of drug-likeness (QED) is 0.623. The molecule has 1 aromatic heterocycles. The summed E-state index contributed by atoms with van der Waals surface area (Å²) in [5.74, 6) is -1.02. The zero-order chi connectivity index (χ0) is 18.1. The summed E-state index contributed by atoms with van der Waals surface area (Å²) in [6, 6.07) is 8.33. The first-order valence-corrected chi connectivity index (χ1v) is 8.30. The predicted octanol–water partition coefficient (Wildman–Crippen LogP) is 4.86. The molecule has 4 nitrogen and oxygen atoms in total. The Bertz CT molecular complexity index is 913. The fourth-order valence-electron chi connectivity index (χ4n) is 2.40. The molecule has 1 unspecified atom stereocenters. The first-order valence-electron chi connectivity index (χ1n) is 7.13. The van der Waals surface area contributed by atoms with Gasteiger partial charge in [-0.05, 0) is 40.2 Å². The van der Waals surface area contributed by atoms with Crippen LogP contribution in [0, 0.1) is 11.6 Å². The van der Waals surface area contributed by atoms with Crippen LogP contribution < -0.4 is 4.74 Å². The van der Waals surface area contributed by atoms with Crippen LogP contribution in [0.4, 0.5) is 8.78 Å². The van der Waals surface area contributed by atoms with Gasteiger partial charge in [-0.25, -0.2) is 13.8 Å². The highest BCUT2D eigenvalue weighted by atomic mass is 79.9. The van der Waals surface area contributed by atoms with E-state index in [4.69, 9.17) is 16.3 Å². The first kappa shape index (κ1) is 17.8. The molecule has 0 amide bonds. The smallest absolute Gasteiger partial charge is 0.144 e. The summed E-state index contributed by atoms with van der Waals surface area (Å²) in [5, 5.41) is 10.9. The van der Waals surface area contributed by atoms with Gasteiger partial charge in [-0.15, -0.1) is 0 Å². The number of methoxy groups -OCH3 is 1.